The van der Waals surface area contributed by atoms with Gasteiger partial charge in [0.25, 0.3) is 0 Å². The van der Waals surface area contributed by atoms with Crippen molar-refractivity contribution in [3.05, 3.63) is 120 Å². The van der Waals surface area contributed by atoms with Crippen LogP contribution in [0.1, 0.15) is 0 Å². The molecule has 0 spiro atoms. The summed E-state index contributed by atoms with van der Waals surface area (Å²) in [6.07, 6.45) is 0. The van der Waals surface area contributed by atoms with Gasteiger partial charge in [-0.05, 0) is 35.7 Å². The van der Waals surface area contributed by atoms with Crippen LogP contribution >= 0.6 is 11.6 Å². The summed E-state index contributed by atoms with van der Waals surface area (Å²) in [4.78, 5) is 5.19. The van der Waals surface area contributed by atoms with Crippen LogP contribution in [-0.4, -0.2) is 9.55 Å². The van der Waals surface area contributed by atoms with Crippen LogP contribution in [0.25, 0.3) is 38.9 Å². The summed E-state index contributed by atoms with van der Waals surface area (Å²) in [6, 6.07) is 39.1. The van der Waals surface area contributed by atoms with Gasteiger partial charge in [0.05, 0.1) is 21.9 Å². The maximum absolute atomic E-state index is 6.48. The number of aromatic nitrogens is 2. The topological polar surface area (TPSA) is 29.9 Å². The number of imidazole rings is 1. The fraction of sp³-hybridized carbons (Fsp3) is 0. The van der Waals surface area contributed by atoms with Gasteiger partial charge in [0, 0.05) is 16.6 Å². The first kappa shape index (κ1) is 19.6. The molecular weight excluding hydrogens is 426 g/mol. The van der Waals surface area contributed by atoms with Crippen LogP contribution in [0.2, 0.25) is 5.02 Å². The van der Waals surface area contributed by atoms with E-state index in [0.717, 1.165) is 50.3 Å². The highest BCUT2D eigenvalue weighted by molar-refractivity contribution is 6.33. The lowest BCUT2D eigenvalue weighted by atomic mass is 10.1. The molecule has 0 fully saturated rings. The van der Waals surface area contributed by atoms with Crippen molar-refractivity contribution >= 4 is 44.8 Å². The molecule has 1 heterocycles. The van der Waals surface area contributed by atoms with Crippen LogP contribution in [0.4, 0.5) is 11.4 Å². The highest BCUT2D eigenvalue weighted by Crippen LogP contribution is 2.39. The van der Waals surface area contributed by atoms with E-state index in [2.05, 4.69) is 76.6 Å². The molecule has 1 N–H and O–H groups in total. The second kappa shape index (κ2) is 8.12. The van der Waals surface area contributed by atoms with Gasteiger partial charge in [0.1, 0.15) is 11.3 Å². The van der Waals surface area contributed by atoms with Crippen molar-refractivity contribution in [3.8, 4) is 17.1 Å². The van der Waals surface area contributed by atoms with Crippen molar-refractivity contribution in [2.45, 2.75) is 0 Å². The molecule has 0 aliphatic carbocycles. The monoisotopic (exact) mass is 445 g/mol. The zero-order valence-corrected chi connectivity index (χ0v) is 18.5. The molecule has 6 rings (SSSR count). The smallest absolute Gasteiger partial charge is 0.145 e. The molecule has 33 heavy (non-hydrogen) atoms. The molecule has 0 saturated carbocycles. The lowest BCUT2D eigenvalue weighted by Crippen LogP contribution is -1.98. The van der Waals surface area contributed by atoms with E-state index in [1.54, 1.807) is 0 Å². The Balaban J connectivity index is 1.73. The number of hydrogen-bond donors (Lipinski definition) is 1. The molecule has 0 aliphatic rings. The number of halogens is 1. The van der Waals surface area contributed by atoms with Gasteiger partial charge in [-0.3, -0.25) is 4.57 Å². The maximum Gasteiger partial charge on any atom is 0.145 e. The largest absolute Gasteiger partial charge is 0.352 e. The predicted octanol–water partition coefficient (Wildman–Crippen LogP) is 8.24. The molecule has 5 aromatic carbocycles. The lowest BCUT2D eigenvalue weighted by Gasteiger charge is -2.13. The normalized spacial score (nSPS) is 11.2. The van der Waals surface area contributed by atoms with Crippen molar-refractivity contribution in [3.63, 3.8) is 0 Å². The Morgan fingerprint density at radius 2 is 1.33 bits per heavy atom. The van der Waals surface area contributed by atoms with Gasteiger partial charge in [-0.15, -0.1) is 0 Å². The third-order valence-electron chi connectivity index (χ3n) is 5.84. The number of para-hydroxylation sites is 2. The van der Waals surface area contributed by atoms with E-state index in [9.17, 15) is 0 Å². The summed E-state index contributed by atoms with van der Waals surface area (Å²) >= 11 is 6.48. The Hall–Kier alpha value is -4.08. The second-order valence-corrected chi connectivity index (χ2v) is 8.33. The third kappa shape index (κ3) is 3.43. The van der Waals surface area contributed by atoms with Crippen LogP contribution in [0.5, 0.6) is 0 Å². The van der Waals surface area contributed by atoms with Crippen LogP contribution < -0.4 is 5.32 Å². The van der Waals surface area contributed by atoms with Crippen molar-refractivity contribution in [1.82, 2.24) is 9.55 Å². The van der Waals surface area contributed by atoms with E-state index in [4.69, 9.17) is 16.6 Å². The fourth-order valence-corrected chi connectivity index (χ4v) is 4.51. The number of anilines is 2. The van der Waals surface area contributed by atoms with Gasteiger partial charge in [0.2, 0.25) is 0 Å². The van der Waals surface area contributed by atoms with E-state index in [-0.39, 0.29) is 0 Å². The summed E-state index contributed by atoms with van der Waals surface area (Å²) in [6.45, 7) is 0. The summed E-state index contributed by atoms with van der Waals surface area (Å²) in [5, 5.41) is 6.50. The summed E-state index contributed by atoms with van der Waals surface area (Å²) in [5.41, 5.74) is 5.86. The van der Waals surface area contributed by atoms with Crippen LogP contribution in [0, 0.1) is 0 Å². The van der Waals surface area contributed by atoms with Gasteiger partial charge in [0.15, 0.2) is 0 Å². The Morgan fingerprint density at radius 3 is 2.12 bits per heavy atom. The van der Waals surface area contributed by atoms with Gasteiger partial charge in [-0.1, -0.05) is 96.5 Å². The molecular formula is C29H20ClN3. The van der Waals surface area contributed by atoms with Crippen molar-refractivity contribution in [2.24, 2.45) is 0 Å². The SMILES string of the molecule is Clc1ccccc1Nc1cc2ccccc2c2c1nc(-c1ccccc1)n2-c1ccccc1. The minimum Gasteiger partial charge on any atom is -0.352 e. The summed E-state index contributed by atoms with van der Waals surface area (Å²) < 4.78 is 2.25. The Kier molecular flexibility index (Phi) is 4.82. The first-order valence-corrected chi connectivity index (χ1v) is 11.2. The number of benzene rings is 5. The van der Waals surface area contributed by atoms with Crippen LogP contribution in [0.3, 0.4) is 0 Å². The molecule has 4 heteroatoms. The van der Waals surface area contributed by atoms with Gasteiger partial charge in [-0.25, -0.2) is 4.98 Å². The molecule has 3 nitrogen and oxygen atoms in total. The number of nitrogens with one attached hydrogen (secondary N) is 1. The van der Waals surface area contributed by atoms with E-state index < -0.39 is 0 Å². The minimum atomic E-state index is 0.671. The van der Waals surface area contributed by atoms with Crippen molar-refractivity contribution in [2.75, 3.05) is 5.32 Å². The zero-order chi connectivity index (χ0) is 22.2. The highest BCUT2D eigenvalue weighted by Gasteiger charge is 2.20. The number of nitrogens with zero attached hydrogens (tertiary/aromatic N) is 2. The van der Waals surface area contributed by atoms with Gasteiger partial charge >= 0.3 is 0 Å². The maximum atomic E-state index is 6.48. The molecule has 0 aliphatic heterocycles. The van der Waals surface area contributed by atoms with Crippen LogP contribution in [0.15, 0.2) is 115 Å². The molecule has 0 radical (unpaired) electrons. The molecule has 0 saturated heterocycles. The van der Waals surface area contributed by atoms with Crippen molar-refractivity contribution in [1.29, 1.82) is 0 Å². The van der Waals surface area contributed by atoms with Crippen molar-refractivity contribution < 1.29 is 0 Å². The molecule has 0 atom stereocenters. The average molecular weight is 446 g/mol. The molecule has 158 valence electrons. The number of hydrogen-bond acceptors (Lipinski definition) is 2. The molecule has 1 aromatic heterocycles. The Labute approximate surface area is 196 Å². The third-order valence-corrected chi connectivity index (χ3v) is 6.17. The quantitative estimate of drug-likeness (QED) is 0.296. The predicted molar refractivity (Wildman–Crippen MR) is 139 cm³/mol. The zero-order valence-electron chi connectivity index (χ0n) is 17.7. The number of rotatable bonds is 4. The average Bonchev–Trinajstić information content (AvgIpc) is 3.28. The molecule has 0 amide bonds. The molecule has 0 unspecified atom stereocenters. The summed E-state index contributed by atoms with van der Waals surface area (Å²) in [7, 11) is 0. The Morgan fingerprint density at radius 1 is 0.667 bits per heavy atom. The van der Waals surface area contributed by atoms with E-state index in [1.165, 1.54) is 0 Å². The Bertz CT molecular complexity index is 1590. The highest BCUT2D eigenvalue weighted by atomic mass is 35.5. The summed E-state index contributed by atoms with van der Waals surface area (Å²) in [5.74, 6) is 0.898. The molecule has 6 aromatic rings. The first-order valence-electron chi connectivity index (χ1n) is 10.9. The minimum absolute atomic E-state index is 0.671. The molecule has 0 bridgehead atoms. The lowest BCUT2D eigenvalue weighted by molar-refractivity contribution is 1.11. The van der Waals surface area contributed by atoms with E-state index in [0.29, 0.717) is 5.02 Å². The van der Waals surface area contributed by atoms with E-state index in [1.807, 2.05) is 48.5 Å². The first-order chi connectivity index (χ1) is 16.3. The van der Waals surface area contributed by atoms with Gasteiger partial charge < -0.3 is 5.32 Å². The number of fused-ring (bicyclic) bond motifs is 3. The van der Waals surface area contributed by atoms with E-state index >= 15 is 0 Å². The fourth-order valence-electron chi connectivity index (χ4n) is 4.33. The van der Waals surface area contributed by atoms with Gasteiger partial charge in [-0.2, -0.15) is 0 Å². The standard InChI is InChI=1S/C29H20ClN3/c30-24-17-9-10-18-25(24)31-26-19-21-13-7-8-16-23(21)28-27(26)32-29(20-11-3-1-4-12-20)33(28)22-14-5-2-6-15-22/h1-19,31H. The van der Waals surface area contributed by atoms with Crippen LogP contribution in [-0.2, 0) is 0 Å². The second-order valence-electron chi connectivity index (χ2n) is 7.92.